The summed E-state index contributed by atoms with van der Waals surface area (Å²) in [5.74, 6) is -0.329. The minimum atomic E-state index is -0.692. The molecule has 0 fully saturated rings. The molecule has 2 aromatic carbocycles. The van der Waals surface area contributed by atoms with Crippen LogP contribution in [0.3, 0.4) is 0 Å². The second-order valence-corrected chi connectivity index (χ2v) is 7.56. The average molecular weight is 409 g/mol. The molecule has 0 saturated heterocycles. The van der Waals surface area contributed by atoms with E-state index in [1.165, 1.54) is 29.8 Å². The van der Waals surface area contributed by atoms with Gasteiger partial charge in [0.2, 0.25) is 11.8 Å². The summed E-state index contributed by atoms with van der Waals surface area (Å²) in [5, 5.41) is 3.20. The number of rotatable bonds is 8. The number of nitrogens with zero attached hydrogens (tertiary/aromatic N) is 1. The van der Waals surface area contributed by atoms with E-state index in [1.807, 2.05) is 12.1 Å². The van der Waals surface area contributed by atoms with Crippen molar-refractivity contribution in [3.8, 4) is 0 Å². The number of halogens is 2. The van der Waals surface area contributed by atoms with Gasteiger partial charge in [-0.05, 0) is 37.3 Å². The SMILES string of the molecule is CNC(=O)C(C)N(Cc1ccccc1F)C(=O)CCSc1ccc(Cl)cc1. The molecular formula is C20H22ClFN2O2S. The maximum Gasteiger partial charge on any atom is 0.242 e. The molecule has 0 spiro atoms. The molecule has 0 heterocycles. The van der Waals surface area contributed by atoms with Crippen LogP contribution in [0.15, 0.2) is 53.4 Å². The molecule has 0 saturated carbocycles. The minimum absolute atomic E-state index is 0.0473. The van der Waals surface area contributed by atoms with Crippen LogP contribution in [0.25, 0.3) is 0 Å². The van der Waals surface area contributed by atoms with Gasteiger partial charge in [-0.1, -0.05) is 29.8 Å². The highest BCUT2D eigenvalue weighted by Gasteiger charge is 2.25. The van der Waals surface area contributed by atoms with Gasteiger partial charge in [0.1, 0.15) is 11.9 Å². The van der Waals surface area contributed by atoms with Crippen molar-refractivity contribution in [2.45, 2.75) is 30.8 Å². The first kappa shape index (κ1) is 21.3. The molecule has 2 amide bonds. The van der Waals surface area contributed by atoms with Crippen LogP contribution in [0.5, 0.6) is 0 Å². The predicted molar refractivity (Wildman–Crippen MR) is 107 cm³/mol. The van der Waals surface area contributed by atoms with Crippen molar-refractivity contribution in [2.75, 3.05) is 12.8 Å². The lowest BCUT2D eigenvalue weighted by atomic mass is 10.1. The Bertz CT molecular complexity index is 786. The number of likely N-dealkylation sites (N-methyl/N-ethyl adjacent to an activating group) is 1. The molecule has 1 N–H and O–H groups in total. The van der Waals surface area contributed by atoms with Crippen LogP contribution in [0.1, 0.15) is 18.9 Å². The third kappa shape index (κ3) is 6.26. The van der Waals surface area contributed by atoms with Crippen LogP contribution in [0.2, 0.25) is 5.02 Å². The second kappa shape index (κ2) is 10.3. The first-order valence-electron chi connectivity index (χ1n) is 8.55. The van der Waals surface area contributed by atoms with Gasteiger partial charge in [-0.15, -0.1) is 11.8 Å². The summed E-state index contributed by atoms with van der Waals surface area (Å²) in [6, 6.07) is 12.9. The zero-order chi connectivity index (χ0) is 19.8. The highest BCUT2D eigenvalue weighted by Crippen LogP contribution is 2.22. The number of amides is 2. The molecule has 4 nitrogen and oxygen atoms in total. The lowest BCUT2D eigenvalue weighted by Crippen LogP contribution is -2.46. The lowest BCUT2D eigenvalue weighted by molar-refractivity contribution is -0.140. The van der Waals surface area contributed by atoms with E-state index in [0.29, 0.717) is 16.3 Å². The first-order valence-corrected chi connectivity index (χ1v) is 9.91. The number of hydrogen-bond donors (Lipinski definition) is 1. The third-order valence-corrected chi connectivity index (χ3v) is 5.38. The van der Waals surface area contributed by atoms with E-state index < -0.39 is 11.9 Å². The van der Waals surface area contributed by atoms with Gasteiger partial charge in [0.05, 0.1) is 0 Å². The summed E-state index contributed by atoms with van der Waals surface area (Å²) in [5.41, 5.74) is 0.381. The number of benzene rings is 2. The van der Waals surface area contributed by atoms with Crippen LogP contribution in [-0.4, -0.2) is 35.6 Å². The van der Waals surface area contributed by atoms with Gasteiger partial charge in [0, 0.05) is 41.2 Å². The van der Waals surface area contributed by atoms with Crippen molar-refractivity contribution < 1.29 is 14.0 Å². The fourth-order valence-corrected chi connectivity index (χ4v) is 3.50. The number of carbonyl (C=O) groups is 2. The largest absolute Gasteiger partial charge is 0.357 e. The van der Waals surface area contributed by atoms with Crippen molar-refractivity contribution in [3.63, 3.8) is 0 Å². The Hall–Kier alpha value is -2.05. The van der Waals surface area contributed by atoms with E-state index >= 15 is 0 Å². The molecule has 0 aliphatic rings. The van der Waals surface area contributed by atoms with E-state index in [-0.39, 0.29) is 24.8 Å². The molecule has 1 unspecified atom stereocenters. The van der Waals surface area contributed by atoms with E-state index in [9.17, 15) is 14.0 Å². The Morgan fingerprint density at radius 2 is 1.85 bits per heavy atom. The number of thioether (sulfide) groups is 1. The second-order valence-electron chi connectivity index (χ2n) is 5.96. The molecule has 1 atom stereocenters. The maximum absolute atomic E-state index is 14.0. The Labute approximate surface area is 168 Å². The Kier molecular flexibility index (Phi) is 8.13. The summed E-state index contributed by atoms with van der Waals surface area (Å²) >= 11 is 7.40. The van der Waals surface area contributed by atoms with Crippen molar-refractivity contribution in [1.29, 1.82) is 0 Å². The van der Waals surface area contributed by atoms with Crippen LogP contribution < -0.4 is 5.32 Å². The van der Waals surface area contributed by atoms with Gasteiger partial charge in [-0.25, -0.2) is 4.39 Å². The van der Waals surface area contributed by atoms with Crippen LogP contribution in [-0.2, 0) is 16.1 Å². The molecule has 144 valence electrons. The van der Waals surface area contributed by atoms with Gasteiger partial charge in [-0.2, -0.15) is 0 Å². The summed E-state index contributed by atoms with van der Waals surface area (Å²) in [4.78, 5) is 27.2. The zero-order valence-corrected chi connectivity index (χ0v) is 16.8. The maximum atomic E-state index is 14.0. The molecule has 2 rings (SSSR count). The van der Waals surface area contributed by atoms with Gasteiger partial charge in [0.25, 0.3) is 0 Å². The molecule has 27 heavy (non-hydrogen) atoms. The predicted octanol–water partition coefficient (Wildman–Crippen LogP) is 4.12. The highest BCUT2D eigenvalue weighted by molar-refractivity contribution is 7.99. The summed E-state index contributed by atoms with van der Waals surface area (Å²) in [6.45, 7) is 1.69. The topological polar surface area (TPSA) is 49.4 Å². The van der Waals surface area contributed by atoms with Crippen molar-refractivity contribution in [2.24, 2.45) is 0 Å². The van der Waals surface area contributed by atoms with Gasteiger partial charge >= 0.3 is 0 Å². The first-order chi connectivity index (χ1) is 12.9. The summed E-state index contributed by atoms with van der Waals surface area (Å²) in [7, 11) is 1.51. The van der Waals surface area contributed by atoms with E-state index in [0.717, 1.165) is 4.90 Å². The fourth-order valence-electron chi connectivity index (χ4n) is 2.53. The van der Waals surface area contributed by atoms with Gasteiger partial charge < -0.3 is 10.2 Å². The number of hydrogen-bond acceptors (Lipinski definition) is 3. The molecule has 0 aliphatic carbocycles. The van der Waals surface area contributed by atoms with E-state index in [2.05, 4.69) is 5.32 Å². The molecule has 0 aromatic heterocycles. The third-order valence-electron chi connectivity index (χ3n) is 4.11. The minimum Gasteiger partial charge on any atom is -0.357 e. The van der Waals surface area contributed by atoms with Gasteiger partial charge in [-0.3, -0.25) is 9.59 Å². The van der Waals surface area contributed by atoms with Crippen molar-refractivity contribution >= 4 is 35.2 Å². The van der Waals surface area contributed by atoms with E-state index in [1.54, 1.807) is 37.3 Å². The fraction of sp³-hybridized carbons (Fsp3) is 0.300. The molecule has 2 aromatic rings. The van der Waals surface area contributed by atoms with Crippen LogP contribution in [0.4, 0.5) is 4.39 Å². The molecule has 7 heteroatoms. The number of carbonyl (C=O) groups excluding carboxylic acids is 2. The zero-order valence-electron chi connectivity index (χ0n) is 15.2. The molecule has 0 aliphatic heterocycles. The smallest absolute Gasteiger partial charge is 0.242 e. The number of nitrogens with one attached hydrogen (secondary N) is 1. The van der Waals surface area contributed by atoms with Crippen LogP contribution >= 0.6 is 23.4 Å². The quantitative estimate of drug-likeness (QED) is 0.668. The van der Waals surface area contributed by atoms with Crippen LogP contribution in [0, 0.1) is 5.82 Å². The average Bonchev–Trinajstić information content (AvgIpc) is 2.67. The highest BCUT2D eigenvalue weighted by atomic mass is 35.5. The van der Waals surface area contributed by atoms with Crippen molar-refractivity contribution in [3.05, 3.63) is 64.9 Å². The normalized spacial score (nSPS) is 11.7. The lowest BCUT2D eigenvalue weighted by Gasteiger charge is -2.28. The Morgan fingerprint density at radius 3 is 2.48 bits per heavy atom. The summed E-state index contributed by atoms with van der Waals surface area (Å²) < 4.78 is 14.0. The Morgan fingerprint density at radius 1 is 1.19 bits per heavy atom. The molecule has 0 bridgehead atoms. The van der Waals surface area contributed by atoms with E-state index in [4.69, 9.17) is 11.6 Å². The molecular weight excluding hydrogens is 387 g/mol. The monoisotopic (exact) mass is 408 g/mol. The standard InChI is InChI=1S/C20H22ClFN2O2S/c1-14(20(26)23-2)24(13-15-5-3-4-6-18(15)22)19(25)11-12-27-17-9-7-16(21)8-10-17/h3-10,14H,11-13H2,1-2H3,(H,23,26). The van der Waals surface area contributed by atoms with Crippen molar-refractivity contribution in [1.82, 2.24) is 10.2 Å². The molecule has 0 radical (unpaired) electrons. The summed E-state index contributed by atoms with van der Waals surface area (Å²) in [6.07, 6.45) is 0.239. The van der Waals surface area contributed by atoms with Gasteiger partial charge in [0.15, 0.2) is 0 Å². The Balaban J connectivity index is 2.04.